The molecule has 3 aromatic heterocycles. The number of para-hydroxylation sites is 2. The van der Waals surface area contributed by atoms with Crippen molar-refractivity contribution in [2.45, 2.75) is 0 Å². The van der Waals surface area contributed by atoms with Gasteiger partial charge in [-0.25, -0.2) is 4.98 Å². The van der Waals surface area contributed by atoms with Crippen molar-refractivity contribution >= 4 is 43.6 Å². The van der Waals surface area contributed by atoms with Crippen LogP contribution in [0.3, 0.4) is 0 Å². The summed E-state index contributed by atoms with van der Waals surface area (Å²) in [5, 5.41) is 4.57. The summed E-state index contributed by atoms with van der Waals surface area (Å²) in [4.78, 5) is 16.0. The minimum Gasteiger partial charge on any atom is -0.307 e. The van der Waals surface area contributed by atoms with Gasteiger partial charge < -0.3 is 4.57 Å². The maximum absolute atomic E-state index is 5.43. The molecule has 0 aliphatic carbocycles. The fourth-order valence-corrected chi connectivity index (χ4v) is 9.13. The van der Waals surface area contributed by atoms with E-state index in [1.807, 2.05) is 24.3 Å². The first-order valence-corrected chi connectivity index (χ1v) is 21.0. The first-order valence-electron chi connectivity index (χ1n) is 21.0. The Morgan fingerprint density at radius 1 is 0.290 bits per heavy atom. The highest BCUT2D eigenvalue weighted by Gasteiger charge is 2.26. The zero-order valence-electron chi connectivity index (χ0n) is 33.6. The molecule has 0 amide bonds. The highest BCUT2D eigenvalue weighted by molar-refractivity contribution is 6.28. The molecule has 12 rings (SSSR count). The number of hydrogen-bond acceptors (Lipinski definition) is 3. The average Bonchev–Trinajstić information content (AvgIpc) is 3.88. The van der Waals surface area contributed by atoms with Gasteiger partial charge in [0.1, 0.15) is 0 Å². The normalized spacial score (nSPS) is 11.5. The predicted molar refractivity (Wildman–Crippen MR) is 256 cm³/mol. The van der Waals surface area contributed by atoms with Gasteiger partial charge in [-0.2, -0.15) is 9.97 Å². The monoisotopic (exact) mass is 791 g/mol. The van der Waals surface area contributed by atoms with Crippen LogP contribution in [0.4, 0.5) is 0 Å². The summed E-state index contributed by atoms with van der Waals surface area (Å²) in [5.41, 5.74) is 14.1. The Morgan fingerprint density at radius 2 is 0.758 bits per heavy atom. The number of benzene rings is 9. The Balaban J connectivity index is 1.22. The molecule has 3 heterocycles. The van der Waals surface area contributed by atoms with Gasteiger partial charge in [-0.3, -0.25) is 4.57 Å². The van der Waals surface area contributed by atoms with Gasteiger partial charge in [-0.05, 0) is 63.7 Å². The lowest BCUT2D eigenvalue weighted by Gasteiger charge is -2.15. The first kappa shape index (κ1) is 35.5. The minimum absolute atomic E-state index is 0.550. The van der Waals surface area contributed by atoms with E-state index >= 15 is 0 Å². The summed E-state index contributed by atoms with van der Waals surface area (Å²) >= 11 is 0. The molecule has 0 radical (unpaired) electrons. The van der Waals surface area contributed by atoms with Crippen LogP contribution in [-0.2, 0) is 0 Å². The molecule has 0 unspecified atom stereocenters. The lowest BCUT2D eigenvalue weighted by atomic mass is 9.96. The Hall–Kier alpha value is -8.41. The maximum atomic E-state index is 5.43. The molecule has 0 aliphatic rings. The zero-order chi connectivity index (χ0) is 41.0. The van der Waals surface area contributed by atoms with E-state index in [0.717, 1.165) is 82.9 Å². The molecule has 12 aromatic rings. The van der Waals surface area contributed by atoms with Crippen LogP contribution in [0.1, 0.15) is 0 Å². The quantitative estimate of drug-likeness (QED) is 0.162. The van der Waals surface area contributed by atoms with Crippen LogP contribution in [0.25, 0.3) is 111 Å². The lowest BCUT2D eigenvalue weighted by Crippen LogP contribution is -2.07. The van der Waals surface area contributed by atoms with E-state index < -0.39 is 0 Å². The molecule has 5 nitrogen and oxygen atoms in total. The summed E-state index contributed by atoms with van der Waals surface area (Å²) in [6.45, 7) is 0. The Bertz CT molecular complexity index is 3590. The molecule has 0 spiro atoms. The SMILES string of the molecule is c1ccc(-c2ccc(-c3nc(-c4ccccc4)nc(-n4c5ccccc5c5c(-c6ccccc6)cc6c7ccccc7n(-c7cccc(-c8ccccc8)c7)c6c54)n3)cc2)cc1. The van der Waals surface area contributed by atoms with Crippen molar-refractivity contribution in [3.05, 3.63) is 224 Å². The molecule has 0 aliphatic heterocycles. The number of fused-ring (bicyclic) bond motifs is 7. The van der Waals surface area contributed by atoms with Crippen LogP contribution >= 0.6 is 0 Å². The molecule has 0 fully saturated rings. The third-order valence-corrected chi connectivity index (χ3v) is 12.0. The van der Waals surface area contributed by atoms with Crippen molar-refractivity contribution in [3.8, 4) is 67.8 Å². The first-order chi connectivity index (χ1) is 30.8. The van der Waals surface area contributed by atoms with Crippen molar-refractivity contribution in [3.63, 3.8) is 0 Å². The Labute approximate surface area is 358 Å². The lowest BCUT2D eigenvalue weighted by molar-refractivity contribution is 0.953. The van der Waals surface area contributed by atoms with E-state index in [4.69, 9.17) is 15.0 Å². The molecular weight excluding hydrogens is 755 g/mol. The molecule has 0 N–H and O–H groups in total. The summed E-state index contributed by atoms with van der Waals surface area (Å²) in [5.74, 6) is 1.76. The van der Waals surface area contributed by atoms with Gasteiger partial charge in [-0.15, -0.1) is 0 Å². The van der Waals surface area contributed by atoms with Gasteiger partial charge in [-0.1, -0.05) is 194 Å². The van der Waals surface area contributed by atoms with Crippen LogP contribution in [0.2, 0.25) is 0 Å². The van der Waals surface area contributed by atoms with Crippen molar-refractivity contribution in [2.24, 2.45) is 0 Å². The maximum Gasteiger partial charge on any atom is 0.238 e. The highest BCUT2D eigenvalue weighted by atomic mass is 15.2. The largest absolute Gasteiger partial charge is 0.307 e. The van der Waals surface area contributed by atoms with E-state index in [2.05, 4.69) is 209 Å². The number of aromatic nitrogens is 5. The van der Waals surface area contributed by atoms with Crippen LogP contribution < -0.4 is 0 Å². The third-order valence-electron chi connectivity index (χ3n) is 12.0. The van der Waals surface area contributed by atoms with Crippen LogP contribution in [0.5, 0.6) is 0 Å². The molecule has 290 valence electrons. The van der Waals surface area contributed by atoms with E-state index in [-0.39, 0.29) is 0 Å². The molecule has 0 saturated carbocycles. The topological polar surface area (TPSA) is 48.5 Å². The second-order valence-electron chi connectivity index (χ2n) is 15.6. The number of rotatable bonds is 7. The smallest absolute Gasteiger partial charge is 0.238 e. The summed E-state index contributed by atoms with van der Waals surface area (Å²) in [6.07, 6.45) is 0. The van der Waals surface area contributed by atoms with Gasteiger partial charge in [0, 0.05) is 38.4 Å². The third kappa shape index (κ3) is 5.90. The van der Waals surface area contributed by atoms with Gasteiger partial charge in [0.2, 0.25) is 5.95 Å². The summed E-state index contributed by atoms with van der Waals surface area (Å²) in [7, 11) is 0. The average molecular weight is 792 g/mol. The number of nitrogens with zero attached hydrogens (tertiary/aromatic N) is 5. The van der Waals surface area contributed by atoms with Gasteiger partial charge in [0.05, 0.1) is 22.1 Å². The zero-order valence-corrected chi connectivity index (χ0v) is 33.6. The van der Waals surface area contributed by atoms with E-state index in [0.29, 0.717) is 17.6 Å². The Morgan fingerprint density at radius 3 is 1.40 bits per heavy atom. The van der Waals surface area contributed by atoms with Crippen LogP contribution in [0.15, 0.2) is 224 Å². The van der Waals surface area contributed by atoms with E-state index in [1.165, 1.54) is 10.9 Å². The second-order valence-corrected chi connectivity index (χ2v) is 15.6. The minimum atomic E-state index is 0.550. The second kappa shape index (κ2) is 14.7. The summed E-state index contributed by atoms with van der Waals surface area (Å²) in [6, 6.07) is 79.2. The van der Waals surface area contributed by atoms with Crippen molar-refractivity contribution in [1.82, 2.24) is 24.1 Å². The number of hydrogen-bond donors (Lipinski definition) is 0. The molecule has 0 bridgehead atoms. The Kier molecular flexibility index (Phi) is 8.42. The van der Waals surface area contributed by atoms with Crippen molar-refractivity contribution in [1.29, 1.82) is 0 Å². The van der Waals surface area contributed by atoms with Gasteiger partial charge in [0.25, 0.3) is 0 Å². The predicted octanol–water partition coefficient (Wildman–Crippen LogP) is 14.4. The molecule has 0 atom stereocenters. The van der Waals surface area contributed by atoms with Gasteiger partial charge >= 0.3 is 0 Å². The van der Waals surface area contributed by atoms with E-state index in [1.54, 1.807) is 0 Å². The molecular formula is C57H37N5. The molecule has 5 heteroatoms. The summed E-state index contributed by atoms with van der Waals surface area (Å²) < 4.78 is 4.72. The highest BCUT2D eigenvalue weighted by Crippen LogP contribution is 2.46. The van der Waals surface area contributed by atoms with Crippen LogP contribution in [-0.4, -0.2) is 24.1 Å². The fourth-order valence-electron chi connectivity index (χ4n) is 9.13. The fraction of sp³-hybridized carbons (Fsp3) is 0. The van der Waals surface area contributed by atoms with Gasteiger partial charge in [0.15, 0.2) is 11.6 Å². The molecule has 62 heavy (non-hydrogen) atoms. The molecule has 0 saturated heterocycles. The molecule has 9 aromatic carbocycles. The van der Waals surface area contributed by atoms with E-state index in [9.17, 15) is 0 Å². The standard InChI is InChI=1S/C57H37N5/c1-5-18-38(19-6-1)40-32-34-43(35-33-40)56-58-55(42-24-11-4-12-25-42)59-57(60-56)62-51-31-16-14-29-47(51)52-48(41-22-9-3-10-23-41)37-49-46-28-13-15-30-50(46)61(53(49)54(52)62)45-27-17-26-44(36-45)39-20-7-2-8-21-39/h1-37H. The van der Waals surface area contributed by atoms with Crippen molar-refractivity contribution < 1.29 is 0 Å². The van der Waals surface area contributed by atoms with Crippen molar-refractivity contribution in [2.75, 3.05) is 0 Å². The van der Waals surface area contributed by atoms with Crippen LogP contribution in [0, 0.1) is 0 Å².